The van der Waals surface area contributed by atoms with Crippen LogP contribution in [0.3, 0.4) is 0 Å². The highest BCUT2D eigenvalue weighted by Crippen LogP contribution is 2.29. The number of benzene rings is 3. The minimum atomic E-state index is -4.13. The van der Waals surface area contributed by atoms with Crippen LogP contribution < -0.4 is 9.62 Å². The Morgan fingerprint density at radius 1 is 0.902 bits per heavy atom. The summed E-state index contributed by atoms with van der Waals surface area (Å²) < 4.78 is 29.3. The lowest BCUT2D eigenvalue weighted by Gasteiger charge is -2.34. The number of hydrogen-bond acceptors (Lipinski definition) is 4. The molecule has 7 nitrogen and oxygen atoms in total. The molecule has 0 radical (unpaired) electrons. The molecule has 0 fully saturated rings. The second-order valence-corrected chi connectivity index (χ2v) is 12.7. The molecule has 3 rings (SSSR count). The molecule has 0 saturated heterocycles. The Morgan fingerprint density at radius 2 is 1.54 bits per heavy atom. The van der Waals surface area contributed by atoms with Gasteiger partial charge in [0, 0.05) is 17.6 Å². The summed E-state index contributed by atoms with van der Waals surface area (Å²) in [4.78, 5) is 29.1. The predicted molar refractivity (Wildman–Crippen MR) is 166 cm³/mol. The molecule has 2 atom stereocenters. The molecule has 2 amide bonds. The molecule has 0 aliphatic rings. The summed E-state index contributed by atoms with van der Waals surface area (Å²) in [5.41, 5.74) is 3.67. The largest absolute Gasteiger partial charge is 0.352 e. The average Bonchev–Trinajstić information content (AvgIpc) is 2.93. The maximum absolute atomic E-state index is 14.2. The number of carbonyl (C=O) groups excluding carboxylic acids is 2. The van der Waals surface area contributed by atoms with Gasteiger partial charge in [-0.1, -0.05) is 79.0 Å². The molecule has 0 aromatic heterocycles. The first kappa shape index (κ1) is 32.2. The molecule has 9 heteroatoms. The van der Waals surface area contributed by atoms with E-state index in [-0.39, 0.29) is 23.4 Å². The number of hydrogen-bond donors (Lipinski definition) is 1. The third-order valence-electron chi connectivity index (χ3n) is 7.19. The van der Waals surface area contributed by atoms with Gasteiger partial charge in [0.2, 0.25) is 11.8 Å². The topological polar surface area (TPSA) is 86.8 Å². The van der Waals surface area contributed by atoms with Crippen LogP contribution in [0.15, 0.2) is 71.6 Å². The van der Waals surface area contributed by atoms with Crippen LogP contribution in [0.25, 0.3) is 0 Å². The minimum absolute atomic E-state index is 0.0518. The summed E-state index contributed by atoms with van der Waals surface area (Å²) in [6.45, 7) is 10.9. The summed E-state index contributed by atoms with van der Waals surface area (Å²) in [5.74, 6) is -0.798. The van der Waals surface area contributed by atoms with Gasteiger partial charge in [-0.05, 0) is 75.9 Å². The number of aryl methyl sites for hydroxylation is 3. The van der Waals surface area contributed by atoms with Crippen molar-refractivity contribution in [3.05, 3.63) is 94.0 Å². The van der Waals surface area contributed by atoms with E-state index in [9.17, 15) is 18.0 Å². The Morgan fingerprint density at radius 3 is 2.12 bits per heavy atom. The second kappa shape index (κ2) is 14.0. The summed E-state index contributed by atoms with van der Waals surface area (Å²) >= 11 is 6.47. The molecule has 0 saturated carbocycles. The number of nitrogens with one attached hydrogen (secondary N) is 1. The minimum Gasteiger partial charge on any atom is -0.352 e. The lowest BCUT2D eigenvalue weighted by Crippen LogP contribution is -2.53. The van der Waals surface area contributed by atoms with Gasteiger partial charge >= 0.3 is 0 Å². The van der Waals surface area contributed by atoms with E-state index in [1.165, 1.54) is 4.90 Å². The van der Waals surface area contributed by atoms with Gasteiger partial charge in [-0.15, -0.1) is 0 Å². The van der Waals surface area contributed by atoms with Crippen LogP contribution in [0.4, 0.5) is 5.69 Å². The summed E-state index contributed by atoms with van der Waals surface area (Å²) in [6, 6.07) is 18.2. The Bertz CT molecular complexity index is 1470. The quantitative estimate of drug-likeness (QED) is 0.270. The highest BCUT2D eigenvalue weighted by Gasteiger charge is 2.34. The number of amides is 2. The van der Waals surface area contributed by atoms with Crippen LogP contribution in [0.5, 0.6) is 0 Å². The standard InChI is InChI=1S/C32H40ClN3O4S/c1-7-25(6)34-32(38)29(8-2)35(20-26-11-9-10-12-28(26)33)31(37)21-36(30-18-15-23(4)19-24(30)5)41(39,40)27-16-13-22(3)14-17-27/h9-19,25,29H,7-8,20-21H2,1-6H3,(H,34,38). The number of nitrogens with zero attached hydrogens (tertiary/aromatic N) is 2. The molecule has 1 N–H and O–H groups in total. The Labute approximate surface area is 249 Å². The Hall–Kier alpha value is -3.36. The van der Waals surface area contributed by atoms with E-state index in [4.69, 9.17) is 11.6 Å². The lowest BCUT2D eigenvalue weighted by atomic mass is 10.1. The number of halogens is 1. The van der Waals surface area contributed by atoms with Gasteiger partial charge in [0.15, 0.2) is 0 Å². The molecule has 3 aromatic carbocycles. The maximum atomic E-state index is 14.2. The molecule has 0 aliphatic heterocycles. The fraction of sp³-hybridized carbons (Fsp3) is 0.375. The first-order chi connectivity index (χ1) is 19.4. The van der Waals surface area contributed by atoms with Crippen LogP contribution >= 0.6 is 11.6 Å². The van der Waals surface area contributed by atoms with Crippen molar-refractivity contribution in [3.8, 4) is 0 Å². The van der Waals surface area contributed by atoms with Crippen molar-refractivity contribution < 1.29 is 18.0 Å². The Kier molecular flexibility index (Phi) is 11.0. The molecule has 220 valence electrons. The SMILES string of the molecule is CCC(C)NC(=O)C(CC)N(Cc1ccccc1Cl)C(=O)CN(c1ccc(C)cc1C)S(=O)(=O)c1ccc(C)cc1. The van der Waals surface area contributed by atoms with E-state index in [0.717, 1.165) is 21.9 Å². The zero-order valence-corrected chi connectivity index (χ0v) is 26.2. The molecule has 2 unspecified atom stereocenters. The zero-order chi connectivity index (χ0) is 30.3. The summed E-state index contributed by atoms with van der Waals surface area (Å²) in [6.07, 6.45) is 1.07. The van der Waals surface area contributed by atoms with Crippen molar-refractivity contribution in [3.63, 3.8) is 0 Å². The van der Waals surface area contributed by atoms with Crippen LogP contribution in [0.1, 0.15) is 55.9 Å². The second-order valence-electron chi connectivity index (χ2n) is 10.5. The van der Waals surface area contributed by atoms with Gasteiger partial charge in [-0.2, -0.15) is 0 Å². The summed E-state index contributed by atoms with van der Waals surface area (Å²) in [5, 5.41) is 3.44. The normalized spacial score (nSPS) is 12.9. The number of anilines is 1. The molecule has 0 bridgehead atoms. The van der Waals surface area contributed by atoms with Crippen molar-refractivity contribution in [1.29, 1.82) is 0 Å². The van der Waals surface area contributed by atoms with Crippen molar-refractivity contribution in [2.75, 3.05) is 10.8 Å². The van der Waals surface area contributed by atoms with Crippen molar-refractivity contribution >= 4 is 39.1 Å². The first-order valence-electron chi connectivity index (χ1n) is 13.9. The number of carbonyl (C=O) groups is 2. The van der Waals surface area contributed by atoms with E-state index in [1.807, 2.05) is 59.7 Å². The molecular weight excluding hydrogens is 558 g/mol. The molecular formula is C32H40ClN3O4S. The van der Waals surface area contributed by atoms with Crippen molar-refractivity contribution in [1.82, 2.24) is 10.2 Å². The van der Waals surface area contributed by atoms with Crippen molar-refractivity contribution in [2.24, 2.45) is 0 Å². The zero-order valence-electron chi connectivity index (χ0n) is 24.6. The Balaban J connectivity index is 2.10. The van der Waals surface area contributed by atoms with Crippen LogP contribution in [0, 0.1) is 20.8 Å². The molecule has 0 spiro atoms. The van der Waals surface area contributed by atoms with Gasteiger partial charge in [0.1, 0.15) is 12.6 Å². The third kappa shape index (κ3) is 7.89. The fourth-order valence-corrected chi connectivity index (χ4v) is 6.28. The number of sulfonamides is 1. The van der Waals surface area contributed by atoms with Gasteiger partial charge in [-0.3, -0.25) is 13.9 Å². The van der Waals surface area contributed by atoms with Crippen LogP contribution in [0.2, 0.25) is 5.02 Å². The van der Waals surface area contributed by atoms with E-state index in [1.54, 1.807) is 48.5 Å². The molecule has 3 aromatic rings. The van der Waals surface area contributed by atoms with E-state index in [0.29, 0.717) is 28.3 Å². The average molecular weight is 598 g/mol. The molecule has 41 heavy (non-hydrogen) atoms. The van der Waals surface area contributed by atoms with E-state index < -0.39 is 28.5 Å². The summed E-state index contributed by atoms with van der Waals surface area (Å²) in [7, 11) is -4.13. The maximum Gasteiger partial charge on any atom is 0.264 e. The van der Waals surface area contributed by atoms with Crippen molar-refractivity contribution in [2.45, 2.75) is 77.9 Å². The van der Waals surface area contributed by atoms with Gasteiger partial charge < -0.3 is 10.2 Å². The highest BCUT2D eigenvalue weighted by molar-refractivity contribution is 7.92. The lowest BCUT2D eigenvalue weighted by molar-refractivity contribution is -0.140. The number of rotatable bonds is 12. The molecule has 0 aliphatic carbocycles. The van der Waals surface area contributed by atoms with Crippen LogP contribution in [-0.4, -0.2) is 43.8 Å². The molecule has 0 heterocycles. The van der Waals surface area contributed by atoms with E-state index in [2.05, 4.69) is 5.32 Å². The first-order valence-corrected chi connectivity index (χ1v) is 15.7. The third-order valence-corrected chi connectivity index (χ3v) is 9.34. The van der Waals surface area contributed by atoms with Gasteiger partial charge in [0.25, 0.3) is 10.0 Å². The monoisotopic (exact) mass is 597 g/mol. The van der Waals surface area contributed by atoms with Crippen LogP contribution in [-0.2, 0) is 26.2 Å². The fourth-order valence-electron chi connectivity index (χ4n) is 4.61. The highest BCUT2D eigenvalue weighted by atomic mass is 35.5. The van der Waals surface area contributed by atoms with E-state index >= 15 is 0 Å². The van der Waals surface area contributed by atoms with Gasteiger partial charge in [-0.25, -0.2) is 8.42 Å². The smallest absolute Gasteiger partial charge is 0.264 e. The predicted octanol–water partition coefficient (Wildman–Crippen LogP) is 6.18. The van der Waals surface area contributed by atoms with Gasteiger partial charge in [0.05, 0.1) is 10.6 Å².